The Kier molecular flexibility index (Phi) is 18.6. The second kappa shape index (κ2) is 24.1. The molecule has 24 nitrogen and oxygen atoms in total. The summed E-state index contributed by atoms with van der Waals surface area (Å²) in [6, 6.07) is 3.21. The molecule has 0 aromatic carbocycles. The van der Waals surface area contributed by atoms with E-state index < -0.39 is 165 Å². The number of aromatic nitrogens is 1. The summed E-state index contributed by atoms with van der Waals surface area (Å²) in [5, 5.41) is 98.8. The summed E-state index contributed by atoms with van der Waals surface area (Å²) >= 11 is 0. The van der Waals surface area contributed by atoms with Crippen LogP contribution in [0.5, 0.6) is 0 Å². The zero-order valence-corrected chi connectivity index (χ0v) is 46.3. The largest absolute Gasteiger partial charge is 0.462 e. The van der Waals surface area contributed by atoms with E-state index in [0.717, 1.165) is 25.7 Å². The van der Waals surface area contributed by atoms with Crippen molar-refractivity contribution in [3.63, 3.8) is 0 Å². The molecule has 448 valence electrons. The zero-order valence-electron chi connectivity index (χ0n) is 46.3. The van der Waals surface area contributed by atoms with Crippen molar-refractivity contribution >= 4 is 11.9 Å². The van der Waals surface area contributed by atoms with Crippen molar-refractivity contribution in [3.05, 3.63) is 30.1 Å². The summed E-state index contributed by atoms with van der Waals surface area (Å²) in [6.45, 7) is 9.46. The van der Waals surface area contributed by atoms with E-state index in [-0.39, 0.29) is 54.1 Å². The normalized spacial score (nSPS) is 49.4. The lowest BCUT2D eigenvalue weighted by Gasteiger charge is -2.66. The third kappa shape index (κ3) is 11.2. The first-order valence-electron chi connectivity index (χ1n) is 28.1. The first kappa shape index (κ1) is 60.9. The molecule has 4 aliphatic heterocycles. The smallest absolute Gasteiger partial charge is 0.340 e. The van der Waals surface area contributed by atoms with Crippen LogP contribution in [0.15, 0.2) is 24.5 Å². The number of hydrogen-bond acceptors (Lipinski definition) is 24. The Morgan fingerprint density at radius 1 is 0.734 bits per heavy atom. The maximum Gasteiger partial charge on any atom is 0.340 e. The van der Waals surface area contributed by atoms with E-state index in [2.05, 4.69) is 11.9 Å². The molecule has 8 aliphatic rings. The number of carbonyl (C=O) groups is 2. The Morgan fingerprint density at radius 2 is 1.35 bits per heavy atom. The highest BCUT2D eigenvalue weighted by Gasteiger charge is 2.77. The Hall–Kier alpha value is -2.67. The number of rotatable bonds is 16. The van der Waals surface area contributed by atoms with Crippen LogP contribution >= 0.6 is 0 Å². The molecule has 28 atom stereocenters. The zero-order chi connectivity index (χ0) is 57.1. The summed E-state index contributed by atoms with van der Waals surface area (Å²) in [5.41, 5.74) is -4.52. The van der Waals surface area contributed by atoms with Crippen LogP contribution in [0.1, 0.15) is 116 Å². The first-order chi connectivity index (χ1) is 37.4. The molecule has 0 radical (unpaired) electrons. The second-order valence-electron chi connectivity index (χ2n) is 24.0. The molecule has 0 unspecified atom stereocenters. The van der Waals surface area contributed by atoms with Gasteiger partial charge in [-0.1, -0.05) is 13.8 Å². The molecule has 4 aliphatic carbocycles. The van der Waals surface area contributed by atoms with Gasteiger partial charge in [-0.2, -0.15) is 0 Å². The molecule has 24 heteroatoms. The van der Waals surface area contributed by atoms with Gasteiger partial charge in [0.15, 0.2) is 25.2 Å². The van der Waals surface area contributed by atoms with E-state index in [1.165, 1.54) is 20.2 Å². The highest BCUT2D eigenvalue weighted by Crippen LogP contribution is 2.71. The minimum absolute atomic E-state index is 0.0429. The number of pyridine rings is 1. The summed E-state index contributed by atoms with van der Waals surface area (Å²) < 4.78 is 73.2. The van der Waals surface area contributed by atoms with Crippen LogP contribution in [0.4, 0.5) is 0 Å². The fourth-order valence-corrected chi connectivity index (χ4v) is 15.3. The molecular weight excluding hydrogens is 1040 g/mol. The number of fused-ring (bicyclic) bond motifs is 5. The van der Waals surface area contributed by atoms with Crippen LogP contribution in [-0.4, -0.2) is 230 Å². The minimum Gasteiger partial charge on any atom is -0.462 e. The lowest BCUT2D eigenvalue weighted by Crippen LogP contribution is -2.72. The van der Waals surface area contributed by atoms with Gasteiger partial charge in [0.1, 0.15) is 78.8 Å². The number of nitrogens with zero attached hydrogens (tertiary/aromatic N) is 1. The van der Waals surface area contributed by atoms with Crippen molar-refractivity contribution < 1.29 is 112 Å². The molecule has 9 N–H and O–H groups in total. The molecule has 5 heterocycles. The molecule has 4 saturated carbocycles. The van der Waals surface area contributed by atoms with Gasteiger partial charge in [-0.3, -0.25) is 9.78 Å². The van der Waals surface area contributed by atoms with E-state index in [4.69, 9.17) is 56.8 Å². The molecular formula is C55H85NO23. The number of ether oxygens (including phenoxy) is 12. The van der Waals surface area contributed by atoms with Gasteiger partial charge < -0.3 is 103 Å². The van der Waals surface area contributed by atoms with Gasteiger partial charge in [0.2, 0.25) is 0 Å². The quantitative estimate of drug-likeness (QED) is 0.0785. The monoisotopic (exact) mass is 1130 g/mol. The fraction of sp³-hybridized carbons (Fsp3) is 0.873. The van der Waals surface area contributed by atoms with E-state index in [9.17, 15) is 55.5 Å². The van der Waals surface area contributed by atoms with Crippen molar-refractivity contribution in [3.8, 4) is 0 Å². The molecule has 0 amide bonds. The standard InChI is InChI=1S/C55H85NO23/c1-25-47(78-40-21-35(69-8)48(26(2)72-40)79-51-46(64)44(62)42(60)37(77-51)24-70-50-45(63)43(61)41(59)36(23-57)76-50)34(68-7)20-39(71-25)75-31-13-14-52(5)30(18-31)11-12-32-33(52)19-38(74-28(4)58)53(6)54(66,15-16-55(32,53)67)27(3)73-49(65)29-10-9-17-56-22-29/h9-10,17,22,25-27,30-48,50-51,57,59-64,66-67H,11-16,18-21,23-24H2,1-8H3/t25-,26-,27+,30+,31+,32-,33+,34-,35-,36-,37-,38-,39+,40+,41-,42-,43+,44+,45-,46-,47-,48-,50-,51+,52+,53-,54-,55+/m1/s1. The highest BCUT2D eigenvalue weighted by atomic mass is 16.8. The number of esters is 2. The van der Waals surface area contributed by atoms with Crippen molar-refractivity contribution in [1.29, 1.82) is 0 Å². The number of hydrogen-bond donors (Lipinski definition) is 9. The van der Waals surface area contributed by atoms with Crippen LogP contribution in [-0.2, 0) is 61.6 Å². The van der Waals surface area contributed by atoms with Crippen molar-refractivity contribution in [2.24, 2.45) is 28.6 Å². The number of methoxy groups -OCH3 is 2. The van der Waals surface area contributed by atoms with E-state index in [1.54, 1.807) is 46.2 Å². The van der Waals surface area contributed by atoms with Crippen LogP contribution in [0.25, 0.3) is 0 Å². The third-order valence-corrected chi connectivity index (χ3v) is 19.9. The number of aliphatic hydroxyl groups is 9. The summed E-state index contributed by atoms with van der Waals surface area (Å²) in [7, 11) is 3.08. The second-order valence-corrected chi connectivity index (χ2v) is 24.0. The molecule has 0 bridgehead atoms. The molecule has 1 aromatic rings. The van der Waals surface area contributed by atoms with Gasteiger partial charge in [-0.25, -0.2) is 4.79 Å². The van der Waals surface area contributed by atoms with E-state index >= 15 is 0 Å². The Bertz CT molecular complexity index is 2220. The minimum atomic E-state index is -1.76. The lowest BCUT2D eigenvalue weighted by molar-refractivity contribution is -0.360. The average molecular weight is 1130 g/mol. The lowest BCUT2D eigenvalue weighted by atomic mass is 9.42. The van der Waals surface area contributed by atoms with Gasteiger partial charge >= 0.3 is 11.9 Å². The number of carbonyl (C=O) groups excluding carboxylic acids is 2. The van der Waals surface area contributed by atoms with Crippen molar-refractivity contribution in [1.82, 2.24) is 4.98 Å². The van der Waals surface area contributed by atoms with Gasteiger partial charge in [0.05, 0.1) is 60.3 Å². The SMILES string of the molecule is CO[C@@H]1C[C@H](O[C@H]2CC[C@@]3(C)[C@@H](CC[C@@H]4[C@@H]3C[C@@H](OC(C)=O)[C@]3(C)[C@](O)([C@H](C)OC(=O)c5cccnc5)CC[C@]43O)C2)O[C@H](C)[C@H]1O[C@H]1C[C@@H](OC)[C@H](O[C@@H]2O[C@H](CO[C@@H]3O[C@H](CO)[C@@H](O)[C@H](O)[C@H]3O)[C@@H](O)[C@H](O)[C@H]2O)[C@@H](C)O1. The Labute approximate surface area is 460 Å². The highest BCUT2D eigenvalue weighted by molar-refractivity contribution is 5.89. The van der Waals surface area contributed by atoms with Crippen LogP contribution in [0.3, 0.4) is 0 Å². The first-order valence-corrected chi connectivity index (χ1v) is 28.1. The van der Waals surface area contributed by atoms with Gasteiger partial charge in [-0.15, -0.1) is 0 Å². The van der Waals surface area contributed by atoms with Gasteiger partial charge in [-0.05, 0) is 107 Å². The van der Waals surface area contributed by atoms with Crippen molar-refractivity contribution in [2.45, 2.75) is 246 Å². The van der Waals surface area contributed by atoms with Gasteiger partial charge in [0.25, 0.3) is 0 Å². The van der Waals surface area contributed by atoms with Crippen LogP contribution in [0, 0.1) is 28.6 Å². The number of aliphatic hydroxyl groups excluding tert-OH is 7. The average Bonchev–Trinajstić information content (AvgIpc) is 2.68. The third-order valence-electron chi connectivity index (χ3n) is 19.9. The predicted octanol–water partition coefficient (Wildman–Crippen LogP) is 0.137. The van der Waals surface area contributed by atoms with Crippen molar-refractivity contribution in [2.75, 3.05) is 27.4 Å². The van der Waals surface area contributed by atoms with Crippen LogP contribution < -0.4 is 0 Å². The van der Waals surface area contributed by atoms with E-state index in [1.807, 2.05) is 6.92 Å². The van der Waals surface area contributed by atoms with Crippen LogP contribution in [0.2, 0.25) is 0 Å². The summed E-state index contributed by atoms with van der Waals surface area (Å²) in [4.78, 5) is 30.1. The maximum absolute atomic E-state index is 13.3. The Morgan fingerprint density at radius 3 is 1.97 bits per heavy atom. The molecule has 0 spiro atoms. The maximum atomic E-state index is 13.3. The van der Waals surface area contributed by atoms with Gasteiger partial charge in [0, 0.05) is 46.4 Å². The topological polar surface area (TPSA) is 340 Å². The molecule has 8 fully saturated rings. The van der Waals surface area contributed by atoms with E-state index in [0.29, 0.717) is 19.3 Å². The summed E-state index contributed by atoms with van der Waals surface area (Å²) in [6.07, 6.45) is -15.2. The molecule has 9 rings (SSSR count). The summed E-state index contributed by atoms with van der Waals surface area (Å²) in [5.74, 6) is -1.21. The fourth-order valence-electron chi connectivity index (χ4n) is 15.3. The molecule has 79 heavy (non-hydrogen) atoms. The predicted molar refractivity (Wildman–Crippen MR) is 269 cm³/mol. The molecule has 4 saturated heterocycles. The Balaban J connectivity index is 0.791. The molecule has 1 aromatic heterocycles.